The van der Waals surface area contributed by atoms with E-state index in [2.05, 4.69) is 13.8 Å². The number of rotatable bonds is 38. The van der Waals surface area contributed by atoms with Crippen LogP contribution in [0.2, 0.25) is 0 Å². The van der Waals surface area contributed by atoms with Crippen LogP contribution in [0, 0.1) is 0 Å². The standard InChI is InChI=1S/C46H88O14/c1-3-5-7-9-11-13-15-17-18-20-22-24-26-28-30-55-32-35(58-38(48)29-27-25-23-21-19-16-14-12-10-8-6-4-2)33-56-45-44(54)42(52)40(50)37(60-45)34-57-46-43(53)41(51)39(49)36(31-47)59-46/h35-37,39-47,49-54H,3-34H2,1-2H3. The number of hydrogen-bond acceptors (Lipinski definition) is 14. The molecule has 7 N–H and O–H groups in total. The van der Waals surface area contributed by atoms with Gasteiger partial charge in [-0.15, -0.1) is 0 Å². The second-order valence-corrected chi connectivity index (χ2v) is 17.3. The summed E-state index contributed by atoms with van der Waals surface area (Å²) in [4.78, 5) is 12.9. The molecule has 0 radical (unpaired) electrons. The van der Waals surface area contributed by atoms with E-state index in [1.165, 1.54) is 122 Å². The van der Waals surface area contributed by atoms with Gasteiger partial charge >= 0.3 is 5.97 Å². The van der Waals surface area contributed by atoms with Crippen molar-refractivity contribution in [1.29, 1.82) is 0 Å². The molecule has 2 aliphatic heterocycles. The Kier molecular flexibility index (Phi) is 32.5. The molecule has 2 heterocycles. The lowest BCUT2D eigenvalue weighted by Gasteiger charge is -2.42. The van der Waals surface area contributed by atoms with E-state index in [0.717, 1.165) is 38.5 Å². The van der Waals surface area contributed by atoms with E-state index in [0.29, 0.717) is 13.0 Å². The minimum absolute atomic E-state index is 0.0697. The summed E-state index contributed by atoms with van der Waals surface area (Å²) in [7, 11) is 0. The molecule has 0 saturated carbocycles. The van der Waals surface area contributed by atoms with Gasteiger partial charge in [0.2, 0.25) is 0 Å². The molecule has 0 aromatic heterocycles. The molecule has 2 saturated heterocycles. The largest absolute Gasteiger partial charge is 0.457 e. The van der Waals surface area contributed by atoms with Crippen molar-refractivity contribution < 1.29 is 69.0 Å². The van der Waals surface area contributed by atoms with Gasteiger partial charge < -0.3 is 64.2 Å². The highest BCUT2D eigenvalue weighted by molar-refractivity contribution is 5.69. The number of esters is 1. The van der Waals surface area contributed by atoms with E-state index in [1.54, 1.807) is 0 Å². The fraction of sp³-hybridized carbons (Fsp3) is 0.978. The lowest BCUT2D eigenvalue weighted by atomic mass is 9.98. The molecule has 2 aliphatic rings. The molecule has 60 heavy (non-hydrogen) atoms. The lowest BCUT2D eigenvalue weighted by Crippen LogP contribution is -2.61. The first-order chi connectivity index (χ1) is 29.1. The highest BCUT2D eigenvalue weighted by Crippen LogP contribution is 2.26. The monoisotopic (exact) mass is 865 g/mol. The highest BCUT2D eigenvalue weighted by atomic mass is 16.7. The van der Waals surface area contributed by atoms with E-state index >= 15 is 0 Å². The van der Waals surface area contributed by atoms with Crippen molar-refractivity contribution in [3.63, 3.8) is 0 Å². The maximum Gasteiger partial charge on any atom is 0.306 e. The van der Waals surface area contributed by atoms with Crippen molar-refractivity contribution in [2.45, 2.75) is 255 Å². The Morgan fingerprint density at radius 2 is 0.883 bits per heavy atom. The third kappa shape index (κ3) is 23.6. The van der Waals surface area contributed by atoms with Gasteiger partial charge in [0.25, 0.3) is 0 Å². The van der Waals surface area contributed by atoms with E-state index < -0.39 is 80.7 Å². The van der Waals surface area contributed by atoms with E-state index in [1.807, 2.05) is 0 Å². The zero-order valence-corrected chi connectivity index (χ0v) is 37.5. The van der Waals surface area contributed by atoms with Gasteiger partial charge in [-0.25, -0.2) is 0 Å². The SMILES string of the molecule is CCCCCCCCCCCCCCCCOCC(COC1OC(COC2OC(CO)C(O)C(O)C2O)C(O)C(O)C1O)OC(=O)CCCCCCCCCCCCCC. The number of carbonyl (C=O) groups excluding carboxylic acids is 1. The summed E-state index contributed by atoms with van der Waals surface area (Å²) in [6.07, 6.45) is 15.9. The quantitative estimate of drug-likeness (QED) is 0.0275. The van der Waals surface area contributed by atoms with Crippen LogP contribution in [0.25, 0.3) is 0 Å². The maximum atomic E-state index is 12.9. The van der Waals surface area contributed by atoms with E-state index in [4.69, 9.17) is 28.4 Å². The lowest BCUT2D eigenvalue weighted by molar-refractivity contribution is -0.332. The summed E-state index contributed by atoms with van der Waals surface area (Å²) in [6.45, 7) is 3.71. The smallest absolute Gasteiger partial charge is 0.306 e. The molecule has 2 fully saturated rings. The Bertz CT molecular complexity index is 1010. The molecule has 11 unspecified atom stereocenters. The molecule has 0 amide bonds. The Morgan fingerprint density at radius 3 is 1.35 bits per heavy atom. The summed E-state index contributed by atoms with van der Waals surface area (Å²) in [6, 6.07) is 0. The fourth-order valence-electron chi connectivity index (χ4n) is 7.87. The van der Waals surface area contributed by atoms with Gasteiger partial charge in [-0.05, 0) is 12.8 Å². The van der Waals surface area contributed by atoms with Gasteiger partial charge in [-0.1, -0.05) is 168 Å². The Morgan fingerprint density at radius 1 is 0.483 bits per heavy atom. The minimum Gasteiger partial charge on any atom is -0.457 e. The molecule has 0 spiro atoms. The first-order valence-corrected chi connectivity index (χ1v) is 24.1. The van der Waals surface area contributed by atoms with Gasteiger partial charge in [0, 0.05) is 13.0 Å². The molecular weight excluding hydrogens is 776 g/mol. The van der Waals surface area contributed by atoms with Crippen LogP contribution in [0.15, 0.2) is 0 Å². The van der Waals surface area contributed by atoms with Crippen molar-refractivity contribution in [1.82, 2.24) is 0 Å². The molecule has 0 bridgehead atoms. The zero-order chi connectivity index (χ0) is 43.8. The molecule has 0 aromatic carbocycles. The van der Waals surface area contributed by atoms with Crippen LogP contribution in [0.1, 0.15) is 187 Å². The molecule has 11 atom stereocenters. The zero-order valence-electron chi connectivity index (χ0n) is 37.5. The summed E-state index contributed by atoms with van der Waals surface area (Å²) in [5.41, 5.74) is 0. The average molecular weight is 865 g/mol. The Hall–Kier alpha value is -1.01. The maximum absolute atomic E-state index is 12.9. The topological polar surface area (TPSA) is 214 Å². The van der Waals surface area contributed by atoms with Gasteiger partial charge in [-0.2, -0.15) is 0 Å². The van der Waals surface area contributed by atoms with Crippen LogP contribution < -0.4 is 0 Å². The molecule has 0 aliphatic carbocycles. The summed E-state index contributed by atoms with van der Waals surface area (Å²) >= 11 is 0. The van der Waals surface area contributed by atoms with Crippen molar-refractivity contribution in [3.05, 3.63) is 0 Å². The van der Waals surface area contributed by atoms with Gasteiger partial charge in [0.15, 0.2) is 12.6 Å². The van der Waals surface area contributed by atoms with Crippen molar-refractivity contribution in [3.8, 4) is 0 Å². The molecule has 14 nitrogen and oxygen atoms in total. The summed E-state index contributed by atoms with van der Waals surface area (Å²) in [5.74, 6) is -0.373. The summed E-state index contributed by atoms with van der Waals surface area (Å²) < 4.78 is 34.2. The summed E-state index contributed by atoms with van der Waals surface area (Å²) in [5, 5.41) is 71.9. The first kappa shape index (κ1) is 55.1. The normalized spacial score (nSPS) is 27.6. The van der Waals surface area contributed by atoms with Crippen LogP contribution in [0.3, 0.4) is 0 Å². The van der Waals surface area contributed by atoms with Gasteiger partial charge in [0.05, 0.1) is 26.4 Å². The number of ether oxygens (including phenoxy) is 6. The highest BCUT2D eigenvalue weighted by Gasteiger charge is 2.47. The van der Waals surface area contributed by atoms with Crippen molar-refractivity contribution in [2.24, 2.45) is 0 Å². The van der Waals surface area contributed by atoms with Crippen LogP contribution in [-0.4, -0.2) is 142 Å². The average Bonchev–Trinajstić information content (AvgIpc) is 3.24. The third-order valence-electron chi connectivity index (χ3n) is 11.9. The molecule has 356 valence electrons. The number of hydrogen-bond donors (Lipinski definition) is 7. The minimum atomic E-state index is -1.70. The number of carbonyl (C=O) groups is 1. The molecule has 14 heteroatoms. The fourth-order valence-corrected chi connectivity index (χ4v) is 7.87. The molecule has 0 aromatic rings. The second kappa shape index (κ2) is 35.4. The predicted molar refractivity (Wildman–Crippen MR) is 229 cm³/mol. The third-order valence-corrected chi connectivity index (χ3v) is 11.9. The molecule has 2 rings (SSSR count). The predicted octanol–water partition coefficient (Wildman–Crippen LogP) is 6.13. The Labute approximate surface area is 362 Å². The van der Waals surface area contributed by atoms with E-state index in [9.17, 15) is 40.5 Å². The second-order valence-electron chi connectivity index (χ2n) is 17.3. The number of unbranched alkanes of at least 4 members (excludes halogenated alkanes) is 24. The van der Waals surface area contributed by atoms with Crippen molar-refractivity contribution in [2.75, 3.05) is 33.0 Å². The number of aliphatic hydroxyl groups excluding tert-OH is 7. The first-order valence-electron chi connectivity index (χ1n) is 24.1. The molecular formula is C46H88O14. The Balaban J connectivity index is 1.79. The van der Waals surface area contributed by atoms with Crippen LogP contribution >= 0.6 is 0 Å². The van der Waals surface area contributed by atoms with Crippen LogP contribution in [0.4, 0.5) is 0 Å². The van der Waals surface area contributed by atoms with Crippen LogP contribution in [0.5, 0.6) is 0 Å². The van der Waals surface area contributed by atoms with Gasteiger partial charge in [-0.3, -0.25) is 4.79 Å². The van der Waals surface area contributed by atoms with E-state index in [-0.39, 0.29) is 25.6 Å². The van der Waals surface area contributed by atoms with Gasteiger partial charge in [0.1, 0.15) is 54.9 Å². The van der Waals surface area contributed by atoms with Crippen LogP contribution in [-0.2, 0) is 33.2 Å². The van der Waals surface area contributed by atoms with Crippen molar-refractivity contribution >= 4 is 5.97 Å². The number of aliphatic hydroxyl groups is 7.